The molecule has 1 aliphatic carbocycles. The third kappa shape index (κ3) is 8.27. The summed E-state index contributed by atoms with van der Waals surface area (Å²) < 4.78 is 16.0. The number of hydrogen-bond donors (Lipinski definition) is 1. The van der Waals surface area contributed by atoms with Gasteiger partial charge in [0.1, 0.15) is 0 Å². The van der Waals surface area contributed by atoms with E-state index in [1.54, 1.807) is 0 Å². The van der Waals surface area contributed by atoms with Crippen LogP contribution in [0, 0.1) is 11.8 Å². The first-order valence-electron chi connectivity index (χ1n) is 8.25. The molecule has 0 aromatic rings. The van der Waals surface area contributed by atoms with Crippen LogP contribution in [0.4, 0.5) is 4.79 Å². The second-order valence-corrected chi connectivity index (χ2v) is 5.73. The van der Waals surface area contributed by atoms with Gasteiger partial charge in [-0.15, -0.1) is 0 Å². The summed E-state index contributed by atoms with van der Waals surface area (Å²) in [7, 11) is 1.36. The fourth-order valence-corrected chi connectivity index (χ4v) is 2.74. The minimum atomic E-state index is -0.404. The van der Waals surface area contributed by atoms with Crippen LogP contribution in [0.15, 0.2) is 0 Å². The Balaban J connectivity index is 2.12. The Bertz CT molecular complexity index is 273. The summed E-state index contributed by atoms with van der Waals surface area (Å²) in [6.45, 7) is 5.73. The highest BCUT2D eigenvalue weighted by Gasteiger charge is 2.25. The van der Waals surface area contributed by atoms with Gasteiger partial charge in [0.15, 0.2) is 0 Å². The van der Waals surface area contributed by atoms with Crippen molar-refractivity contribution in [3.63, 3.8) is 0 Å². The monoisotopic (exact) mass is 301 g/mol. The molecule has 0 aliphatic heterocycles. The molecule has 0 bridgehead atoms. The van der Waals surface area contributed by atoms with Crippen molar-refractivity contribution in [2.45, 2.75) is 45.4 Å². The highest BCUT2D eigenvalue weighted by molar-refractivity contribution is 5.66. The average Bonchev–Trinajstić information content (AvgIpc) is 2.52. The Morgan fingerprint density at radius 1 is 1.10 bits per heavy atom. The Morgan fingerprint density at radius 3 is 2.29 bits per heavy atom. The van der Waals surface area contributed by atoms with Gasteiger partial charge >= 0.3 is 6.09 Å². The van der Waals surface area contributed by atoms with Gasteiger partial charge in [-0.05, 0) is 31.1 Å². The molecular weight excluding hydrogens is 270 g/mol. The third-order valence-electron chi connectivity index (χ3n) is 4.07. The second kappa shape index (κ2) is 11.8. The van der Waals surface area contributed by atoms with Crippen molar-refractivity contribution in [2.24, 2.45) is 11.8 Å². The van der Waals surface area contributed by atoms with E-state index in [2.05, 4.69) is 17.0 Å². The van der Waals surface area contributed by atoms with Gasteiger partial charge in [-0.2, -0.15) is 0 Å². The fourth-order valence-electron chi connectivity index (χ4n) is 2.74. The van der Waals surface area contributed by atoms with Crippen LogP contribution in [0.2, 0.25) is 0 Å². The Kier molecular flexibility index (Phi) is 10.3. The number of methoxy groups -OCH3 is 1. The maximum absolute atomic E-state index is 10.9. The molecule has 124 valence electrons. The van der Waals surface area contributed by atoms with E-state index < -0.39 is 6.09 Å². The minimum absolute atomic E-state index is 0.404. The Morgan fingerprint density at radius 2 is 1.71 bits per heavy atom. The number of unbranched alkanes of at least 4 members (excludes halogenated alkanes) is 1. The predicted octanol–water partition coefficient (Wildman–Crippen LogP) is 2.98. The largest absolute Gasteiger partial charge is 0.453 e. The van der Waals surface area contributed by atoms with E-state index in [0.717, 1.165) is 26.2 Å². The van der Waals surface area contributed by atoms with Gasteiger partial charge in [-0.3, -0.25) is 0 Å². The topological polar surface area (TPSA) is 56.8 Å². The van der Waals surface area contributed by atoms with Crippen LogP contribution in [0.5, 0.6) is 0 Å². The van der Waals surface area contributed by atoms with Crippen LogP contribution < -0.4 is 5.32 Å². The average molecular weight is 301 g/mol. The molecule has 2 unspecified atom stereocenters. The molecule has 1 amide bonds. The van der Waals surface area contributed by atoms with Crippen molar-refractivity contribution in [1.29, 1.82) is 0 Å². The first-order chi connectivity index (χ1) is 10.3. The summed E-state index contributed by atoms with van der Waals surface area (Å²) in [6, 6.07) is 0. The van der Waals surface area contributed by atoms with E-state index in [4.69, 9.17) is 9.47 Å². The number of rotatable bonds is 10. The van der Waals surface area contributed by atoms with Gasteiger partial charge in [-0.1, -0.05) is 26.2 Å². The number of alkyl carbamates (subject to hydrolysis) is 1. The van der Waals surface area contributed by atoms with Crippen molar-refractivity contribution in [3.05, 3.63) is 0 Å². The number of hydrogen-bond acceptors (Lipinski definition) is 4. The summed E-state index contributed by atoms with van der Waals surface area (Å²) in [6.07, 6.45) is 7.00. The maximum Gasteiger partial charge on any atom is 0.406 e. The van der Waals surface area contributed by atoms with Gasteiger partial charge in [0.2, 0.25) is 0 Å². The van der Waals surface area contributed by atoms with Gasteiger partial charge < -0.3 is 19.5 Å². The van der Waals surface area contributed by atoms with Crippen molar-refractivity contribution >= 4 is 6.09 Å². The first kappa shape index (κ1) is 18.2. The van der Waals surface area contributed by atoms with Gasteiger partial charge in [0.05, 0.1) is 13.7 Å². The Hall–Kier alpha value is -0.810. The van der Waals surface area contributed by atoms with Crippen molar-refractivity contribution in [3.8, 4) is 0 Å². The number of ether oxygens (including phenoxy) is 3. The van der Waals surface area contributed by atoms with Crippen LogP contribution in [0.1, 0.15) is 45.4 Å². The standard InChI is InChI=1S/C16H31NO4/c1-3-4-10-20-12-14-7-5-6-8-15(14)13-21-11-9-17-16(18)19-2/h14-15H,3-13H2,1-2H3,(H,17,18). The quantitative estimate of drug-likeness (QED) is 0.630. The van der Waals surface area contributed by atoms with Crippen LogP contribution in [0.25, 0.3) is 0 Å². The highest BCUT2D eigenvalue weighted by Crippen LogP contribution is 2.30. The Labute approximate surface area is 128 Å². The number of amides is 1. The maximum atomic E-state index is 10.9. The van der Waals surface area contributed by atoms with Gasteiger partial charge in [0.25, 0.3) is 0 Å². The van der Waals surface area contributed by atoms with Crippen molar-refractivity contribution < 1.29 is 19.0 Å². The van der Waals surface area contributed by atoms with Crippen molar-refractivity contribution in [1.82, 2.24) is 5.32 Å². The van der Waals surface area contributed by atoms with E-state index in [1.807, 2.05) is 0 Å². The molecule has 0 aromatic carbocycles. The molecule has 2 atom stereocenters. The molecule has 1 fully saturated rings. The van der Waals surface area contributed by atoms with E-state index in [-0.39, 0.29) is 0 Å². The van der Waals surface area contributed by atoms with E-state index >= 15 is 0 Å². The number of carbonyl (C=O) groups is 1. The summed E-state index contributed by atoms with van der Waals surface area (Å²) in [5.41, 5.74) is 0. The first-order valence-corrected chi connectivity index (χ1v) is 8.25. The zero-order valence-electron chi connectivity index (χ0n) is 13.6. The van der Waals surface area contributed by atoms with Crippen molar-refractivity contribution in [2.75, 3.05) is 40.1 Å². The minimum Gasteiger partial charge on any atom is -0.453 e. The lowest BCUT2D eigenvalue weighted by Crippen LogP contribution is -2.30. The zero-order valence-corrected chi connectivity index (χ0v) is 13.6. The lowest BCUT2D eigenvalue weighted by atomic mass is 9.80. The molecule has 21 heavy (non-hydrogen) atoms. The molecular formula is C16H31NO4. The summed E-state index contributed by atoms with van der Waals surface area (Å²) in [5.74, 6) is 1.22. The molecule has 0 radical (unpaired) electrons. The van der Waals surface area contributed by atoms with Crippen LogP contribution >= 0.6 is 0 Å². The molecule has 0 heterocycles. The zero-order chi connectivity index (χ0) is 15.3. The van der Waals surface area contributed by atoms with Crippen LogP contribution in [-0.4, -0.2) is 46.2 Å². The van der Waals surface area contributed by atoms with Crippen LogP contribution in [0.3, 0.4) is 0 Å². The summed E-state index contributed by atoms with van der Waals surface area (Å²) >= 11 is 0. The molecule has 0 aromatic heterocycles. The SMILES string of the molecule is CCCCOCC1CCCCC1COCCNC(=O)OC. The molecule has 1 N–H and O–H groups in total. The molecule has 0 spiro atoms. The van der Waals surface area contributed by atoms with E-state index in [1.165, 1.54) is 39.2 Å². The molecule has 5 nitrogen and oxygen atoms in total. The molecule has 1 rings (SSSR count). The molecule has 1 saturated carbocycles. The predicted molar refractivity (Wildman–Crippen MR) is 82.4 cm³/mol. The second-order valence-electron chi connectivity index (χ2n) is 5.73. The number of nitrogens with one attached hydrogen (secondary N) is 1. The van der Waals surface area contributed by atoms with E-state index in [9.17, 15) is 4.79 Å². The van der Waals surface area contributed by atoms with Crippen LogP contribution in [-0.2, 0) is 14.2 Å². The van der Waals surface area contributed by atoms with Gasteiger partial charge in [-0.25, -0.2) is 4.79 Å². The fraction of sp³-hybridized carbons (Fsp3) is 0.938. The molecule has 0 saturated heterocycles. The smallest absolute Gasteiger partial charge is 0.406 e. The summed E-state index contributed by atoms with van der Waals surface area (Å²) in [4.78, 5) is 10.9. The normalized spacial score (nSPS) is 22.0. The summed E-state index contributed by atoms with van der Waals surface area (Å²) in [5, 5.41) is 2.62. The highest BCUT2D eigenvalue weighted by atomic mass is 16.5. The molecule has 1 aliphatic rings. The van der Waals surface area contributed by atoms with E-state index in [0.29, 0.717) is 25.0 Å². The van der Waals surface area contributed by atoms with Gasteiger partial charge in [0, 0.05) is 26.4 Å². The number of carbonyl (C=O) groups excluding carboxylic acids is 1. The lowest BCUT2D eigenvalue weighted by Gasteiger charge is -2.31. The third-order valence-corrected chi connectivity index (χ3v) is 4.07. The lowest BCUT2D eigenvalue weighted by molar-refractivity contribution is 0.0143. The molecule has 5 heteroatoms.